The Morgan fingerprint density at radius 3 is 2.81 bits per heavy atom. The highest BCUT2D eigenvalue weighted by Crippen LogP contribution is 2.29. The molecule has 2 aromatic carbocycles. The van der Waals surface area contributed by atoms with E-state index in [-0.39, 0.29) is 12.2 Å². The van der Waals surface area contributed by atoms with Crippen LogP contribution in [0.15, 0.2) is 34.8 Å². The minimum atomic E-state index is -0.488. The van der Waals surface area contributed by atoms with Gasteiger partial charge in [-0.15, -0.1) is 0 Å². The maximum Gasteiger partial charge on any atom is 0.275 e. The summed E-state index contributed by atoms with van der Waals surface area (Å²) in [5, 5.41) is 14.3. The fraction of sp³-hybridized carbons (Fsp3) is 0.143. The van der Waals surface area contributed by atoms with Crippen molar-refractivity contribution in [3.05, 3.63) is 66.9 Å². The van der Waals surface area contributed by atoms with E-state index in [9.17, 15) is 14.5 Å². The summed E-state index contributed by atoms with van der Waals surface area (Å²) in [5.74, 6) is -0.406. The van der Waals surface area contributed by atoms with E-state index in [1.54, 1.807) is 12.1 Å². The Labute approximate surface area is 134 Å². The molecule has 0 atom stereocenters. The maximum absolute atomic E-state index is 13.6. The fourth-order valence-electron chi connectivity index (χ4n) is 1.91. The third-order valence-corrected chi connectivity index (χ3v) is 3.98. The van der Waals surface area contributed by atoms with Gasteiger partial charge in [-0.05, 0) is 46.6 Å². The first kappa shape index (κ1) is 15.7. The first-order valence-electron chi connectivity index (χ1n) is 6.01. The van der Waals surface area contributed by atoms with Crippen LogP contribution in [-0.2, 0) is 6.54 Å². The Bertz CT molecular complexity index is 710. The predicted molar refractivity (Wildman–Crippen MR) is 84.3 cm³/mol. The summed E-state index contributed by atoms with van der Waals surface area (Å²) >= 11 is 9.12. The molecule has 2 rings (SSSR count). The normalized spacial score (nSPS) is 10.5. The van der Waals surface area contributed by atoms with Crippen molar-refractivity contribution < 1.29 is 9.31 Å². The predicted octanol–water partition coefficient (Wildman–Crippen LogP) is 5.07. The summed E-state index contributed by atoms with van der Waals surface area (Å²) in [6.45, 7) is 1.95. The van der Waals surface area contributed by atoms with Gasteiger partial charge in [-0.1, -0.05) is 17.7 Å². The molecule has 21 heavy (non-hydrogen) atoms. The van der Waals surface area contributed by atoms with Crippen molar-refractivity contribution in [2.75, 3.05) is 5.32 Å². The Morgan fingerprint density at radius 2 is 2.14 bits per heavy atom. The van der Waals surface area contributed by atoms with E-state index in [1.165, 1.54) is 18.2 Å². The highest BCUT2D eigenvalue weighted by Gasteiger charge is 2.16. The minimum Gasteiger partial charge on any atom is -0.380 e. The van der Waals surface area contributed by atoms with E-state index < -0.39 is 10.7 Å². The first-order valence-corrected chi connectivity index (χ1v) is 7.18. The van der Waals surface area contributed by atoms with Crippen LogP contribution < -0.4 is 5.32 Å². The van der Waals surface area contributed by atoms with Gasteiger partial charge >= 0.3 is 0 Å². The number of nitrogens with zero attached hydrogens (tertiary/aromatic N) is 1. The van der Waals surface area contributed by atoms with Crippen LogP contribution in [-0.4, -0.2) is 4.92 Å². The maximum atomic E-state index is 13.6. The van der Waals surface area contributed by atoms with E-state index in [0.717, 1.165) is 5.56 Å². The number of hydrogen-bond acceptors (Lipinski definition) is 3. The van der Waals surface area contributed by atoms with Gasteiger partial charge in [0.2, 0.25) is 0 Å². The average molecular weight is 374 g/mol. The highest BCUT2D eigenvalue weighted by molar-refractivity contribution is 9.10. The van der Waals surface area contributed by atoms with Gasteiger partial charge in [0.1, 0.15) is 5.82 Å². The number of hydrogen-bond donors (Lipinski definition) is 1. The van der Waals surface area contributed by atoms with Crippen LogP contribution in [0.4, 0.5) is 15.8 Å². The summed E-state index contributed by atoms with van der Waals surface area (Å²) in [5.41, 5.74) is 1.68. The molecule has 0 bridgehead atoms. The van der Waals surface area contributed by atoms with Crippen molar-refractivity contribution >= 4 is 38.9 Å². The summed E-state index contributed by atoms with van der Waals surface area (Å²) in [4.78, 5) is 10.5. The number of nitro benzene ring substituents is 1. The number of aryl methyl sites for hydroxylation is 1. The third kappa shape index (κ3) is 3.51. The van der Waals surface area contributed by atoms with Gasteiger partial charge in [0.05, 0.1) is 20.0 Å². The number of nitro groups is 1. The molecule has 0 radical (unpaired) electrons. The van der Waals surface area contributed by atoms with Crippen LogP contribution >= 0.6 is 27.5 Å². The van der Waals surface area contributed by atoms with Crippen molar-refractivity contribution in [1.29, 1.82) is 0 Å². The number of anilines is 1. The van der Waals surface area contributed by atoms with E-state index in [1.807, 2.05) is 6.92 Å². The number of benzene rings is 2. The summed E-state index contributed by atoms with van der Waals surface area (Å²) < 4.78 is 13.9. The van der Waals surface area contributed by atoms with Crippen molar-refractivity contribution in [1.82, 2.24) is 0 Å². The Hall–Kier alpha value is -1.66. The summed E-state index contributed by atoms with van der Waals surface area (Å²) in [6.07, 6.45) is 0. The minimum absolute atomic E-state index is 0.0646. The monoisotopic (exact) mass is 372 g/mol. The molecule has 0 saturated carbocycles. The molecule has 0 amide bonds. The van der Waals surface area contributed by atoms with Gasteiger partial charge < -0.3 is 5.32 Å². The Balaban J connectivity index is 2.29. The lowest BCUT2D eigenvalue weighted by Crippen LogP contribution is -2.05. The lowest BCUT2D eigenvalue weighted by Gasteiger charge is -2.12. The van der Waals surface area contributed by atoms with Crippen molar-refractivity contribution in [2.45, 2.75) is 13.5 Å². The standard InChI is InChI=1S/C14H11BrClFN2O2/c1-8-5-10(15)12(17)6-13(8)18-7-9-11(16)3-2-4-14(9)19(20)21/h2-6,18H,7H2,1H3. The first-order chi connectivity index (χ1) is 9.90. The van der Waals surface area contributed by atoms with Gasteiger partial charge in [-0.3, -0.25) is 10.1 Å². The molecule has 7 heteroatoms. The van der Waals surface area contributed by atoms with Gasteiger partial charge in [-0.2, -0.15) is 0 Å². The molecule has 4 nitrogen and oxygen atoms in total. The van der Waals surface area contributed by atoms with E-state index in [4.69, 9.17) is 11.6 Å². The summed E-state index contributed by atoms with van der Waals surface area (Å²) in [6, 6.07) is 7.47. The number of nitrogens with one attached hydrogen (secondary N) is 1. The fourth-order valence-corrected chi connectivity index (χ4v) is 2.61. The quantitative estimate of drug-likeness (QED) is 0.601. The van der Waals surface area contributed by atoms with Crippen LogP contribution in [0.5, 0.6) is 0 Å². The second-order valence-corrected chi connectivity index (χ2v) is 5.69. The molecule has 0 heterocycles. The molecule has 110 valence electrons. The van der Waals surface area contributed by atoms with Crippen LogP contribution in [0, 0.1) is 22.9 Å². The zero-order chi connectivity index (χ0) is 15.6. The van der Waals surface area contributed by atoms with E-state index in [2.05, 4.69) is 21.2 Å². The third-order valence-electron chi connectivity index (χ3n) is 3.01. The van der Waals surface area contributed by atoms with Gasteiger partial charge in [0, 0.05) is 18.3 Å². The molecule has 0 aliphatic rings. The molecule has 0 aromatic heterocycles. The molecule has 0 saturated heterocycles. The van der Waals surface area contributed by atoms with Gasteiger partial charge in [0.25, 0.3) is 5.69 Å². The smallest absolute Gasteiger partial charge is 0.275 e. The number of rotatable bonds is 4. The summed E-state index contributed by atoms with van der Waals surface area (Å²) in [7, 11) is 0. The molecular weight excluding hydrogens is 363 g/mol. The zero-order valence-corrected chi connectivity index (χ0v) is 13.3. The Morgan fingerprint density at radius 1 is 1.43 bits per heavy atom. The highest BCUT2D eigenvalue weighted by atomic mass is 79.9. The van der Waals surface area contributed by atoms with Crippen LogP contribution in [0.25, 0.3) is 0 Å². The average Bonchev–Trinajstić information content (AvgIpc) is 2.42. The molecule has 0 aliphatic heterocycles. The van der Waals surface area contributed by atoms with Crippen LogP contribution in [0.1, 0.15) is 11.1 Å². The molecule has 0 unspecified atom stereocenters. The zero-order valence-electron chi connectivity index (χ0n) is 11.0. The lowest BCUT2D eigenvalue weighted by molar-refractivity contribution is -0.385. The SMILES string of the molecule is Cc1cc(Br)c(F)cc1NCc1c(Cl)cccc1[N+](=O)[O-]. The largest absolute Gasteiger partial charge is 0.380 e. The molecule has 2 aromatic rings. The molecule has 0 spiro atoms. The van der Waals surface area contributed by atoms with Crippen molar-refractivity contribution in [3.63, 3.8) is 0 Å². The second-order valence-electron chi connectivity index (χ2n) is 4.43. The lowest BCUT2D eigenvalue weighted by atomic mass is 10.1. The molecule has 1 N–H and O–H groups in total. The Kier molecular flexibility index (Phi) is 4.80. The molecule has 0 aliphatic carbocycles. The van der Waals surface area contributed by atoms with Gasteiger partial charge in [0.15, 0.2) is 0 Å². The van der Waals surface area contributed by atoms with E-state index >= 15 is 0 Å². The van der Waals surface area contributed by atoms with E-state index in [0.29, 0.717) is 20.7 Å². The van der Waals surface area contributed by atoms with Crippen LogP contribution in [0.2, 0.25) is 5.02 Å². The van der Waals surface area contributed by atoms with Crippen molar-refractivity contribution in [2.24, 2.45) is 0 Å². The molecule has 0 fully saturated rings. The second kappa shape index (κ2) is 6.41. The number of halogens is 3. The topological polar surface area (TPSA) is 55.2 Å². The van der Waals surface area contributed by atoms with Crippen LogP contribution in [0.3, 0.4) is 0 Å². The molecular formula is C14H11BrClFN2O2. The van der Waals surface area contributed by atoms with Crippen molar-refractivity contribution in [3.8, 4) is 0 Å². The van der Waals surface area contributed by atoms with Gasteiger partial charge in [-0.25, -0.2) is 4.39 Å².